The Balaban J connectivity index is 1.94. The molecule has 29 heavy (non-hydrogen) atoms. The van der Waals surface area contributed by atoms with E-state index in [-0.39, 0.29) is 17.3 Å². The molecule has 0 bridgehead atoms. The van der Waals surface area contributed by atoms with Crippen molar-refractivity contribution in [1.82, 2.24) is 14.5 Å². The summed E-state index contributed by atoms with van der Waals surface area (Å²) >= 11 is 6.03. The zero-order valence-corrected chi connectivity index (χ0v) is 17.0. The third-order valence-electron chi connectivity index (χ3n) is 4.98. The first-order valence-corrected chi connectivity index (χ1v) is 9.87. The van der Waals surface area contributed by atoms with E-state index in [1.54, 1.807) is 16.7 Å². The van der Waals surface area contributed by atoms with Crippen molar-refractivity contribution in [1.29, 1.82) is 0 Å². The predicted molar refractivity (Wildman–Crippen MR) is 116 cm³/mol. The van der Waals surface area contributed by atoms with Crippen LogP contribution in [0.4, 0.5) is 5.82 Å². The molecule has 4 aromatic rings. The summed E-state index contributed by atoms with van der Waals surface area (Å²) in [7, 11) is 0. The number of halogens is 1. The van der Waals surface area contributed by atoms with Crippen LogP contribution in [0.5, 0.6) is 0 Å². The number of para-hydroxylation sites is 2. The standard InChI is InChI=1S/C22H21ClN4O2/c1-3-13(2)12-29-22(28)18-19-21(26-17-7-5-4-6-16(17)25-19)27(20(18)24)15-10-8-14(23)9-11-15/h4-11,13H,3,12,24H2,1-2H3/t13-/m1/s1. The molecule has 0 aliphatic carbocycles. The van der Waals surface area contributed by atoms with Gasteiger partial charge < -0.3 is 10.5 Å². The van der Waals surface area contributed by atoms with E-state index < -0.39 is 5.97 Å². The second kappa shape index (κ2) is 7.72. The molecule has 0 amide bonds. The summed E-state index contributed by atoms with van der Waals surface area (Å²) in [6.07, 6.45) is 0.916. The van der Waals surface area contributed by atoms with Gasteiger partial charge in [-0.3, -0.25) is 4.57 Å². The fraction of sp³-hybridized carbons (Fsp3) is 0.227. The number of nitrogen functional groups attached to an aromatic ring is 1. The van der Waals surface area contributed by atoms with Crippen LogP contribution >= 0.6 is 11.6 Å². The van der Waals surface area contributed by atoms with Crippen molar-refractivity contribution < 1.29 is 9.53 Å². The maximum Gasteiger partial charge on any atom is 0.344 e. The first-order valence-electron chi connectivity index (χ1n) is 9.49. The topological polar surface area (TPSA) is 83.0 Å². The minimum Gasteiger partial charge on any atom is -0.462 e. The van der Waals surface area contributed by atoms with Crippen LogP contribution in [0.3, 0.4) is 0 Å². The van der Waals surface area contributed by atoms with Gasteiger partial charge in [0, 0.05) is 10.7 Å². The summed E-state index contributed by atoms with van der Waals surface area (Å²) < 4.78 is 7.24. The van der Waals surface area contributed by atoms with E-state index in [0.29, 0.717) is 33.8 Å². The third-order valence-corrected chi connectivity index (χ3v) is 5.23. The van der Waals surface area contributed by atoms with Gasteiger partial charge in [-0.05, 0) is 42.3 Å². The summed E-state index contributed by atoms with van der Waals surface area (Å²) in [6.45, 7) is 4.40. The van der Waals surface area contributed by atoms with Crippen molar-refractivity contribution in [2.75, 3.05) is 12.3 Å². The van der Waals surface area contributed by atoms with Gasteiger partial charge in [0.25, 0.3) is 0 Å². The van der Waals surface area contributed by atoms with E-state index in [9.17, 15) is 4.79 Å². The summed E-state index contributed by atoms with van der Waals surface area (Å²) in [6, 6.07) is 14.7. The lowest BCUT2D eigenvalue weighted by Gasteiger charge is -2.10. The first-order chi connectivity index (χ1) is 14.0. The molecule has 0 saturated heterocycles. The van der Waals surface area contributed by atoms with Crippen LogP contribution < -0.4 is 5.73 Å². The maximum atomic E-state index is 12.9. The molecule has 1 atom stereocenters. The van der Waals surface area contributed by atoms with Crippen molar-refractivity contribution in [2.45, 2.75) is 20.3 Å². The Morgan fingerprint density at radius 2 is 1.79 bits per heavy atom. The SMILES string of the molecule is CC[C@@H](C)COC(=O)c1c(N)n(-c2ccc(Cl)cc2)c2nc3ccccc3nc12. The largest absolute Gasteiger partial charge is 0.462 e. The highest BCUT2D eigenvalue weighted by molar-refractivity contribution is 6.30. The zero-order chi connectivity index (χ0) is 20.5. The number of benzene rings is 2. The fourth-order valence-corrected chi connectivity index (χ4v) is 3.25. The van der Waals surface area contributed by atoms with Crippen LogP contribution in [0.2, 0.25) is 5.02 Å². The second-order valence-corrected chi connectivity index (χ2v) is 7.50. The molecule has 4 rings (SSSR count). The molecule has 0 unspecified atom stereocenters. The molecular weight excluding hydrogens is 388 g/mol. The number of fused-ring (bicyclic) bond motifs is 2. The number of nitrogens with two attached hydrogens (primary N) is 1. The Morgan fingerprint density at radius 3 is 2.45 bits per heavy atom. The first kappa shape index (κ1) is 19.2. The van der Waals surface area contributed by atoms with Gasteiger partial charge in [-0.25, -0.2) is 14.8 Å². The molecule has 2 heterocycles. The third kappa shape index (κ3) is 3.51. The Bertz CT molecular complexity index is 1200. The van der Waals surface area contributed by atoms with Gasteiger partial charge in [0.15, 0.2) is 5.65 Å². The Kier molecular flexibility index (Phi) is 5.11. The van der Waals surface area contributed by atoms with Crippen molar-refractivity contribution >= 4 is 45.6 Å². The molecule has 0 fully saturated rings. The Labute approximate surface area is 173 Å². The maximum absolute atomic E-state index is 12.9. The van der Waals surface area contributed by atoms with Crippen molar-refractivity contribution in [2.24, 2.45) is 5.92 Å². The number of nitrogens with zero attached hydrogens (tertiary/aromatic N) is 3. The van der Waals surface area contributed by atoms with Gasteiger partial charge in [-0.2, -0.15) is 0 Å². The van der Waals surface area contributed by atoms with Crippen LogP contribution in [0.25, 0.3) is 27.9 Å². The summed E-state index contributed by atoms with van der Waals surface area (Å²) in [4.78, 5) is 22.3. The van der Waals surface area contributed by atoms with Gasteiger partial charge in [0.1, 0.15) is 16.9 Å². The molecule has 6 nitrogen and oxygen atoms in total. The number of hydrogen-bond acceptors (Lipinski definition) is 5. The zero-order valence-electron chi connectivity index (χ0n) is 16.2. The van der Waals surface area contributed by atoms with Crippen LogP contribution in [0.1, 0.15) is 30.6 Å². The molecule has 2 aromatic heterocycles. The average molecular weight is 409 g/mol. The number of hydrogen-bond donors (Lipinski definition) is 1. The van der Waals surface area contributed by atoms with Crippen LogP contribution in [0, 0.1) is 5.92 Å². The van der Waals surface area contributed by atoms with E-state index in [1.165, 1.54) is 0 Å². The molecule has 7 heteroatoms. The number of anilines is 1. The van der Waals surface area contributed by atoms with Crippen molar-refractivity contribution in [3.63, 3.8) is 0 Å². The number of rotatable bonds is 5. The number of ether oxygens (including phenoxy) is 1. The summed E-state index contributed by atoms with van der Waals surface area (Å²) in [5, 5.41) is 0.605. The Morgan fingerprint density at radius 1 is 1.14 bits per heavy atom. The number of carbonyl (C=O) groups excluding carboxylic acids is 1. The molecule has 2 aromatic carbocycles. The lowest BCUT2D eigenvalue weighted by atomic mass is 10.1. The van der Waals surface area contributed by atoms with E-state index in [1.807, 2.05) is 43.3 Å². The van der Waals surface area contributed by atoms with E-state index in [4.69, 9.17) is 27.1 Å². The quantitative estimate of drug-likeness (QED) is 0.469. The molecular formula is C22H21ClN4O2. The predicted octanol–water partition coefficient (Wildman–Crippen LogP) is 5.01. The molecule has 0 radical (unpaired) electrons. The lowest BCUT2D eigenvalue weighted by Crippen LogP contribution is -2.13. The van der Waals surface area contributed by atoms with Gasteiger partial charge in [0.05, 0.1) is 17.6 Å². The normalized spacial score (nSPS) is 12.4. The lowest BCUT2D eigenvalue weighted by molar-refractivity contribution is 0.0450. The van der Waals surface area contributed by atoms with Gasteiger partial charge >= 0.3 is 5.97 Å². The molecule has 0 aliphatic heterocycles. The van der Waals surface area contributed by atoms with Crippen molar-refractivity contribution in [3.8, 4) is 5.69 Å². The van der Waals surface area contributed by atoms with E-state index in [0.717, 1.165) is 12.1 Å². The number of esters is 1. The minimum atomic E-state index is -0.495. The summed E-state index contributed by atoms with van der Waals surface area (Å²) in [5.74, 6) is 0.00794. The Hall–Kier alpha value is -3.12. The number of aromatic nitrogens is 3. The van der Waals surface area contributed by atoms with Gasteiger partial charge in [0.2, 0.25) is 0 Å². The molecule has 0 spiro atoms. The van der Waals surface area contributed by atoms with Crippen LogP contribution in [-0.2, 0) is 4.74 Å². The van der Waals surface area contributed by atoms with E-state index >= 15 is 0 Å². The average Bonchev–Trinajstić information content (AvgIpc) is 3.01. The highest BCUT2D eigenvalue weighted by Crippen LogP contribution is 2.32. The number of carbonyl (C=O) groups is 1. The van der Waals surface area contributed by atoms with Gasteiger partial charge in [-0.1, -0.05) is 44.0 Å². The second-order valence-electron chi connectivity index (χ2n) is 7.07. The molecule has 148 valence electrons. The summed E-state index contributed by atoms with van der Waals surface area (Å²) in [5.41, 5.74) is 9.73. The van der Waals surface area contributed by atoms with Crippen molar-refractivity contribution in [3.05, 3.63) is 59.1 Å². The minimum absolute atomic E-state index is 0.233. The molecule has 0 aliphatic rings. The van der Waals surface area contributed by atoms with Crippen LogP contribution in [-0.4, -0.2) is 27.1 Å². The van der Waals surface area contributed by atoms with E-state index in [2.05, 4.69) is 11.9 Å². The monoisotopic (exact) mass is 408 g/mol. The fourth-order valence-electron chi connectivity index (χ4n) is 3.12. The highest BCUT2D eigenvalue weighted by Gasteiger charge is 2.26. The molecule has 0 saturated carbocycles. The van der Waals surface area contributed by atoms with Crippen LogP contribution in [0.15, 0.2) is 48.5 Å². The highest BCUT2D eigenvalue weighted by atomic mass is 35.5. The molecule has 2 N–H and O–H groups in total. The smallest absolute Gasteiger partial charge is 0.344 e. The van der Waals surface area contributed by atoms with Gasteiger partial charge in [-0.15, -0.1) is 0 Å².